The number of hydrogen-bond donors (Lipinski definition) is 1. The van der Waals surface area contributed by atoms with E-state index in [1.54, 1.807) is 11.4 Å². The summed E-state index contributed by atoms with van der Waals surface area (Å²) in [5.41, 5.74) is 0. The summed E-state index contributed by atoms with van der Waals surface area (Å²) in [5.74, 6) is 2.04. The molecule has 2 fully saturated rings. The molecule has 2 heterocycles. The molecule has 2 aliphatic heterocycles. The molecular formula is C15H30N4O3S. The van der Waals surface area contributed by atoms with E-state index in [0.29, 0.717) is 24.9 Å². The standard InChI is InChI=1S/C15H30N4O3S/c1-16-15(18-7-4-14(11-18)12-22-2)17-10-13-5-8-19(9-6-13)23(3,20)21/h13-14H,4-12H2,1-3H3,(H,16,17). The van der Waals surface area contributed by atoms with E-state index in [1.807, 2.05) is 7.05 Å². The van der Waals surface area contributed by atoms with E-state index >= 15 is 0 Å². The number of ether oxygens (including phenoxy) is 1. The van der Waals surface area contributed by atoms with E-state index in [9.17, 15) is 8.42 Å². The summed E-state index contributed by atoms with van der Waals surface area (Å²) in [5, 5.41) is 3.46. The van der Waals surface area contributed by atoms with Gasteiger partial charge in [0.2, 0.25) is 10.0 Å². The maximum Gasteiger partial charge on any atom is 0.211 e. The number of guanidine groups is 1. The summed E-state index contributed by atoms with van der Waals surface area (Å²) in [7, 11) is 0.525. The van der Waals surface area contributed by atoms with Crippen molar-refractivity contribution in [3.8, 4) is 0 Å². The van der Waals surface area contributed by atoms with Gasteiger partial charge in [-0.1, -0.05) is 0 Å². The van der Waals surface area contributed by atoms with Gasteiger partial charge in [-0.15, -0.1) is 0 Å². The van der Waals surface area contributed by atoms with Crippen LogP contribution < -0.4 is 5.32 Å². The fourth-order valence-corrected chi connectivity index (χ4v) is 4.28. The maximum absolute atomic E-state index is 11.5. The third-order valence-electron chi connectivity index (χ3n) is 4.79. The highest BCUT2D eigenvalue weighted by Crippen LogP contribution is 2.19. The van der Waals surface area contributed by atoms with Crippen LogP contribution in [0.3, 0.4) is 0 Å². The minimum absolute atomic E-state index is 0.502. The molecule has 2 saturated heterocycles. The third kappa shape index (κ3) is 5.32. The van der Waals surface area contributed by atoms with Crippen molar-refractivity contribution in [2.75, 3.05) is 59.7 Å². The average molecular weight is 346 g/mol. The van der Waals surface area contributed by atoms with E-state index in [0.717, 1.165) is 51.5 Å². The van der Waals surface area contributed by atoms with Crippen molar-refractivity contribution in [2.45, 2.75) is 19.3 Å². The summed E-state index contributed by atoms with van der Waals surface area (Å²) in [6.07, 6.45) is 4.24. The molecule has 0 saturated carbocycles. The van der Waals surface area contributed by atoms with Gasteiger partial charge in [-0.2, -0.15) is 0 Å². The SMILES string of the molecule is CN=C(NCC1CCN(S(C)(=O)=O)CC1)N1CCC(COC)C1. The molecule has 1 unspecified atom stereocenters. The Morgan fingerprint density at radius 2 is 1.87 bits per heavy atom. The second-order valence-corrected chi connectivity index (χ2v) is 8.57. The van der Waals surface area contributed by atoms with Crippen LogP contribution in [0.25, 0.3) is 0 Å². The Bertz CT molecular complexity index is 501. The number of piperidine rings is 1. The number of rotatable bonds is 5. The highest BCUT2D eigenvalue weighted by Gasteiger charge is 2.27. The number of sulfonamides is 1. The van der Waals surface area contributed by atoms with Gasteiger partial charge in [-0.25, -0.2) is 12.7 Å². The molecule has 0 aromatic heterocycles. The van der Waals surface area contributed by atoms with E-state index in [2.05, 4.69) is 15.2 Å². The first-order valence-electron chi connectivity index (χ1n) is 8.33. The molecule has 0 radical (unpaired) electrons. The molecule has 0 bridgehead atoms. The van der Waals surface area contributed by atoms with Gasteiger partial charge >= 0.3 is 0 Å². The molecule has 2 aliphatic rings. The van der Waals surface area contributed by atoms with Gasteiger partial charge in [0.05, 0.1) is 12.9 Å². The number of hydrogen-bond acceptors (Lipinski definition) is 4. The topological polar surface area (TPSA) is 74.2 Å². The normalized spacial score (nSPS) is 25.1. The molecule has 7 nitrogen and oxygen atoms in total. The van der Waals surface area contributed by atoms with Crippen LogP contribution in [0.2, 0.25) is 0 Å². The van der Waals surface area contributed by atoms with Gasteiger partial charge in [-0.3, -0.25) is 4.99 Å². The number of methoxy groups -OCH3 is 1. The van der Waals surface area contributed by atoms with Gasteiger partial charge < -0.3 is 15.0 Å². The average Bonchev–Trinajstić information content (AvgIpc) is 2.96. The van der Waals surface area contributed by atoms with Crippen LogP contribution in [0.15, 0.2) is 4.99 Å². The van der Waals surface area contributed by atoms with Crippen molar-refractivity contribution in [3.63, 3.8) is 0 Å². The van der Waals surface area contributed by atoms with E-state index in [-0.39, 0.29) is 0 Å². The van der Waals surface area contributed by atoms with E-state index < -0.39 is 10.0 Å². The van der Waals surface area contributed by atoms with Gasteiger partial charge in [0.15, 0.2) is 5.96 Å². The lowest BCUT2D eigenvalue weighted by molar-refractivity contribution is 0.157. The van der Waals surface area contributed by atoms with Crippen LogP contribution in [-0.4, -0.2) is 83.3 Å². The number of nitrogens with one attached hydrogen (secondary N) is 1. The fourth-order valence-electron chi connectivity index (χ4n) is 3.41. The van der Waals surface area contributed by atoms with Crippen molar-refractivity contribution in [1.82, 2.24) is 14.5 Å². The van der Waals surface area contributed by atoms with Gasteiger partial charge in [0.1, 0.15) is 0 Å². The van der Waals surface area contributed by atoms with Gasteiger partial charge in [-0.05, 0) is 25.2 Å². The second-order valence-electron chi connectivity index (χ2n) is 6.59. The molecule has 8 heteroatoms. The molecule has 0 amide bonds. The largest absolute Gasteiger partial charge is 0.384 e. The molecule has 0 spiro atoms. The maximum atomic E-state index is 11.5. The number of aliphatic imine (C=N–C) groups is 1. The van der Waals surface area contributed by atoms with Crippen LogP contribution in [0.4, 0.5) is 0 Å². The molecule has 134 valence electrons. The van der Waals surface area contributed by atoms with Crippen LogP contribution in [0, 0.1) is 11.8 Å². The van der Waals surface area contributed by atoms with Crippen LogP contribution in [0.1, 0.15) is 19.3 Å². The van der Waals surface area contributed by atoms with E-state index in [1.165, 1.54) is 6.26 Å². The zero-order chi connectivity index (χ0) is 16.9. The molecule has 0 aliphatic carbocycles. The minimum Gasteiger partial charge on any atom is -0.384 e. The van der Waals surface area contributed by atoms with Gasteiger partial charge in [0, 0.05) is 52.8 Å². The molecule has 1 N–H and O–H groups in total. The monoisotopic (exact) mass is 346 g/mol. The Morgan fingerprint density at radius 3 is 2.43 bits per heavy atom. The summed E-state index contributed by atoms with van der Waals surface area (Å²) in [6, 6.07) is 0. The van der Waals surface area contributed by atoms with Crippen LogP contribution in [0.5, 0.6) is 0 Å². The lowest BCUT2D eigenvalue weighted by Gasteiger charge is -2.31. The first kappa shape index (κ1) is 18.5. The molecule has 0 aromatic carbocycles. The second kappa shape index (κ2) is 8.30. The molecule has 0 aromatic rings. The molecule has 23 heavy (non-hydrogen) atoms. The lowest BCUT2D eigenvalue weighted by Crippen LogP contribution is -2.45. The minimum atomic E-state index is -3.04. The van der Waals surface area contributed by atoms with Crippen LogP contribution >= 0.6 is 0 Å². The first-order chi connectivity index (χ1) is 10.9. The van der Waals surface area contributed by atoms with Crippen molar-refractivity contribution in [2.24, 2.45) is 16.8 Å². The number of nitrogens with zero attached hydrogens (tertiary/aromatic N) is 3. The summed E-state index contributed by atoms with van der Waals surface area (Å²) < 4.78 is 29.9. The zero-order valence-corrected chi connectivity index (χ0v) is 15.3. The highest BCUT2D eigenvalue weighted by atomic mass is 32.2. The summed E-state index contributed by atoms with van der Waals surface area (Å²) >= 11 is 0. The summed E-state index contributed by atoms with van der Waals surface area (Å²) in [4.78, 5) is 6.67. The zero-order valence-electron chi connectivity index (χ0n) is 14.5. The number of likely N-dealkylation sites (tertiary alicyclic amines) is 1. The predicted octanol–water partition coefficient (Wildman–Crippen LogP) is 0.202. The Kier molecular flexibility index (Phi) is 6.67. The fraction of sp³-hybridized carbons (Fsp3) is 0.933. The molecule has 1 atom stereocenters. The third-order valence-corrected chi connectivity index (χ3v) is 6.09. The van der Waals surface area contributed by atoms with Crippen molar-refractivity contribution in [1.29, 1.82) is 0 Å². The quantitative estimate of drug-likeness (QED) is 0.569. The molecule has 2 rings (SSSR count). The predicted molar refractivity (Wildman–Crippen MR) is 92.1 cm³/mol. The van der Waals surface area contributed by atoms with Crippen molar-refractivity contribution in [3.05, 3.63) is 0 Å². The lowest BCUT2D eigenvalue weighted by atomic mass is 9.98. The Hall–Kier alpha value is -0.860. The van der Waals surface area contributed by atoms with Crippen molar-refractivity contribution >= 4 is 16.0 Å². The summed E-state index contributed by atoms with van der Waals surface area (Å²) in [6.45, 7) is 4.92. The van der Waals surface area contributed by atoms with Crippen LogP contribution in [-0.2, 0) is 14.8 Å². The highest BCUT2D eigenvalue weighted by molar-refractivity contribution is 7.88. The van der Waals surface area contributed by atoms with Gasteiger partial charge in [0.25, 0.3) is 0 Å². The first-order valence-corrected chi connectivity index (χ1v) is 10.2. The Morgan fingerprint density at radius 1 is 1.22 bits per heavy atom. The smallest absolute Gasteiger partial charge is 0.211 e. The Balaban J connectivity index is 1.75. The van der Waals surface area contributed by atoms with E-state index in [4.69, 9.17) is 4.74 Å². The van der Waals surface area contributed by atoms with Crippen molar-refractivity contribution < 1.29 is 13.2 Å². The Labute approximate surface area is 140 Å². The molecular weight excluding hydrogens is 316 g/mol.